The highest BCUT2D eigenvalue weighted by atomic mass is 32.2. The Balaban J connectivity index is 2.15. The van der Waals surface area contributed by atoms with Gasteiger partial charge in [-0.15, -0.1) is 11.8 Å². The lowest BCUT2D eigenvalue weighted by Gasteiger charge is -2.08. The molecular weight excluding hydrogens is 291 g/mol. The molecule has 0 saturated carbocycles. The molecule has 0 aliphatic carbocycles. The lowest BCUT2D eigenvalue weighted by molar-refractivity contribution is -0.387. The standard InChI is InChI=1S/C15H15FN2O2S/c1-10(17)11-4-2-6-13(8-11)21-9-12-5-3-7-14(15(12)16)18(19)20/h2-8,10H,9,17H2,1H3. The third-order valence-electron chi connectivity index (χ3n) is 3.03. The second kappa shape index (κ2) is 6.69. The van der Waals surface area contributed by atoms with Gasteiger partial charge >= 0.3 is 5.69 Å². The molecule has 1 unspecified atom stereocenters. The number of thioether (sulfide) groups is 1. The molecule has 2 aromatic rings. The summed E-state index contributed by atoms with van der Waals surface area (Å²) < 4.78 is 14.0. The second-order valence-corrected chi connectivity index (χ2v) is 5.71. The average Bonchev–Trinajstić information content (AvgIpc) is 2.46. The Kier molecular flexibility index (Phi) is 4.93. The predicted molar refractivity (Wildman–Crippen MR) is 81.7 cm³/mol. The summed E-state index contributed by atoms with van der Waals surface area (Å²) in [5.74, 6) is -0.436. The van der Waals surface area contributed by atoms with Gasteiger partial charge in [0, 0.05) is 28.3 Å². The van der Waals surface area contributed by atoms with Crippen LogP contribution in [0.1, 0.15) is 24.1 Å². The van der Waals surface area contributed by atoms with Gasteiger partial charge in [-0.3, -0.25) is 10.1 Å². The minimum atomic E-state index is -0.765. The highest BCUT2D eigenvalue weighted by molar-refractivity contribution is 7.98. The topological polar surface area (TPSA) is 69.2 Å². The molecule has 0 fully saturated rings. The van der Waals surface area contributed by atoms with Crippen LogP contribution in [-0.2, 0) is 5.75 Å². The van der Waals surface area contributed by atoms with E-state index in [-0.39, 0.29) is 6.04 Å². The Labute approximate surface area is 126 Å². The first kappa shape index (κ1) is 15.5. The fourth-order valence-electron chi connectivity index (χ4n) is 1.87. The Morgan fingerprint density at radius 2 is 2.05 bits per heavy atom. The molecule has 21 heavy (non-hydrogen) atoms. The number of halogens is 1. The molecule has 0 aliphatic rings. The van der Waals surface area contributed by atoms with Crippen LogP contribution < -0.4 is 5.73 Å². The lowest BCUT2D eigenvalue weighted by atomic mass is 10.1. The van der Waals surface area contributed by atoms with Gasteiger partial charge < -0.3 is 5.73 Å². The second-order valence-electron chi connectivity index (χ2n) is 4.66. The molecule has 2 N–H and O–H groups in total. The van der Waals surface area contributed by atoms with Crippen LogP contribution in [0.25, 0.3) is 0 Å². The minimum Gasteiger partial charge on any atom is -0.324 e. The molecule has 2 rings (SSSR count). The van der Waals surface area contributed by atoms with Gasteiger partial charge in [-0.2, -0.15) is 4.39 Å². The zero-order chi connectivity index (χ0) is 15.4. The van der Waals surface area contributed by atoms with Crippen LogP contribution in [0.2, 0.25) is 0 Å². The van der Waals surface area contributed by atoms with E-state index in [4.69, 9.17) is 5.73 Å². The van der Waals surface area contributed by atoms with Gasteiger partial charge in [0.25, 0.3) is 0 Å². The Hall–Kier alpha value is -1.92. The van der Waals surface area contributed by atoms with Crippen molar-refractivity contribution in [1.82, 2.24) is 0 Å². The van der Waals surface area contributed by atoms with Crippen LogP contribution in [0.15, 0.2) is 47.4 Å². The van der Waals surface area contributed by atoms with E-state index < -0.39 is 16.4 Å². The number of hydrogen-bond acceptors (Lipinski definition) is 4. The molecule has 0 bridgehead atoms. The van der Waals surface area contributed by atoms with Gasteiger partial charge in [0.05, 0.1) is 4.92 Å². The van der Waals surface area contributed by atoms with Gasteiger partial charge in [-0.1, -0.05) is 24.3 Å². The molecule has 0 saturated heterocycles. The molecule has 4 nitrogen and oxygen atoms in total. The summed E-state index contributed by atoms with van der Waals surface area (Å²) in [7, 11) is 0. The van der Waals surface area contributed by atoms with Crippen LogP contribution in [0.3, 0.4) is 0 Å². The first-order valence-electron chi connectivity index (χ1n) is 6.39. The van der Waals surface area contributed by atoms with Crippen molar-refractivity contribution >= 4 is 17.4 Å². The highest BCUT2D eigenvalue weighted by Crippen LogP contribution is 2.28. The maximum atomic E-state index is 14.0. The summed E-state index contributed by atoms with van der Waals surface area (Å²) in [5.41, 5.74) is 6.65. The van der Waals surface area contributed by atoms with Gasteiger partial charge in [-0.05, 0) is 24.6 Å². The van der Waals surface area contributed by atoms with Gasteiger partial charge in [0.1, 0.15) is 0 Å². The van der Waals surface area contributed by atoms with E-state index >= 15 is 0 Å². The summed E-state index contributed by atoms with van der Waals surface area (Å²) in [4.78, 5) is 11.0. The fourth-order valence-corrected chi connectivity index (χ4v) is 2.81. The summed E-state index contributed by atoms with van der Waals surface area (Å²) >= 11 is 1.42. The van der Waals surface area contributed by atoms with Crippen molar-refractivity contribution in [2.45, 2.75) is 23.6 Å². The molecule has 0 amide bonds. The zero-order valence-corrected chi connectivity index (χ0v) is 12.3. The molecule has 6 heteroatoms. The van der Waals surface area contributed by atoms with Crippen LogP contribution in [-0.4, -0.2) is 4.92 Å². The quantitative estimate of drug-likeness (QED) is 0.514. The van der Waals surface area contributed by atoms with Gasteiger partial charge in [-0.25, -0.2) is 0 Å². The van der Waals surface area contributed by atoms with Gasteiger partial charge in [0.15, 0.2) is 0 Å². The normalized spacial score (nSPS) is 12.1. The molecule has 0 aliphatic heterocycles. The number of nitrogens with zero attached hydrogens (tertiary/aromatic N) is 1. The van der Waals surface area contributed by atoms with E-state index in [1.165, 1.54) is 23.9 Å². The van der Waals surface area contributed by atoms with Crippen molar-refractivity contribution < 1.29 is 9.31 Å². The van der Waals surface area contributed by atoms with Crippen molar-refractivity contribution in [3.8, 4) is 0 Å². The van der Waals surface area contributed by atoms with E-state index in [1.54, 1.807) is 6.07 Å². The van der Waals surface area contributed by atoms with Crippen LogP contribution in [0.4, 0.5) is 10.1 Å². The van der Waals surface area contributed by atoms with Crippen LogP contribution in [0, 0.1) is 15.9 Å². The highest BCUT2D eigenvalue weighted by Gasteiger charge is 2.17. The van der Waals surface area contributed by atoms with Crippen LogP contribution >= 0.6 is 11.8 Å². The Bertz CT molecular complexity index is 662. The van der Waals surface area contributed by atoms with E-state index in [2.05, 4.69) is 0 Å². The van der Waals surface area contributed by atoms with Crippen molar-refractivity contribution in [1.29, 1.82) is 0 Å². The van der Waals surface area contributed by atoms with E-state index in [0.717, 1.165) is 10.5 Å². The third kappa shape index (κ3) is 3.80. The zero-order valence-electron chi connectivity index (χ0n) is 11.5. The number of benzene rings is 2. The van der Waals surface area contributed by atoms with Crippen molar-refractivity contribution in [2.75, 3.05) is 0 Å². The van der Waals surface area contributed by atoms with Crippen molar-refractivity contribution in [2.24, 2.45) is 5.73 Å². The Morgan fingerprint density at radius 1 is 1.33 bits per heavy atom. The van der Waals surface area contributed by atoms with Crippen LogP contribution in [0.5, 0.6) is 0 Å². The number of nitro groups is 1. The molecule has 0 spiro atoms. The molecular formula is C15H15FN2O2S. The smallest absolute Gasteiger partial charge is 0.305 e. The van der Waals surface area contributed by atoms with Crippen molar-refractivity contribution in [3.05, 3.63) is 69.5 Å². The SMILES string of the molecule is CC(N)c1cccc(SCc2cccc([N+](=O)[O-])c2F)c1. The summed E-state index contributed by atoms with van der Waals surface area (Å²) in [6, 6.07) is 11.8. The fraction of sp³-hybridized carbons (Fsp3) is 0.200. The number of hydrogen-bond donors (Lipinski definition) is 1. The molecule has 0 aromatic heterocycles. The molecule has 110 valence electrons. The first-order valence-corrected chi connectivity index (χ1v) is 7.37. The lowest BCUT2D eigenvalue weighted by Crippen LogP contribution is -2.04. The molecule has 2 aromatic carbocycles. The largest absolute Gasteiger partial charge is 0.324 e. The van der Waals surface area contributed by atoms with E-state index in [0.29, 0.717) is 11.3 Å². The molecule has 1 atom stereocenters. The van der Waals surface area contributed by atoms with E-state index in [9.17, 15) is 14.5 Å². The maximum Gasteiger partial charge on any atom is 0.305 e. The van der Waals surface area contributed by atoms with E-state index in [1.807, 2.05) is 31.2 Å². The van der Waals surface area contributed by atoms with Crippen molar-refractivity contribution in [3.63, 3.8) is 0 Å². The Morgan fingerprint density at radius 3 is 2.71 bits per heavy atom. The van der Waals surface area contributed by atoms with Gasteiger partial charge in [0.2, 0.25) is 5.82 Å². The number of nitro benzene ring substituents is 1. The summed E-state index contributed by atoms with van der Waals surface area (Å²) in [6.45, 7) is 1.89. The number of rotatable bonds is 5. The molecule has 0 heterocycles. The summed E-state index contributed by atoms with van der Waals surface area (Å²) in [6.07, 6.45) is 0. The first-order chi connectivity index (χ1) is 9.99. The maximum absolute atomic E-state index is 14.0. The monoisotopic (exact) mass is 306 g/mol. The average molecular weight is 306 g/mol. The minimum absolute atomic E-state index is 0.0694. The third-order valence-corrected chi connectivity index (χ3v) is 4.08. The molecule has 0 radical (unpaired) electrons. The number of nitrogens with two attached hydrogens (primary N) is 1. The predicted octanol–water partition coefficient (Wildman–Crippen LogP) is 4.05. The summed E-state index contributed by atoms with van der Waals surface area (Å²) in [5, 5.41) is 10.7.